The van der Waals surface area contributed by atoms with Crippen LogP contribution in [0.5, 0.6) is 0 Å². The van der Waals surface area contributed by atoms with E-state index in [0.717, 1.165) is 36.3 Å². The first-order valence-corrected chi connectivity index (χ1v) is 11.1. The van der Waals surface area contributed by atoms with Gasteiger partial charge < -0.3 is 14.6 Å². The summed E-state index contributed by atoms with van der Waals surface area (Å²) in [6.07, 6.45) is 2.18. The van der Waals surface area contributed by atoms with Crippen LogP contribution in [0, 0.1) is 25.2 Å². The van der Waals surface area contributed by atoms with E-state index in [1.807, 2.05) is 42.5 Å². The van der Waals surface area contributed by atoms with Gasteiger partial charge in [-0.15, -0.1) is 0 Å². The zero-order valence-electron chi connectivity index (χ0n) is 19.0. The number of carbonyl (C=O) groups is 1. The Morgan fingerprint density at radius 2 is 2.03 bits per heavy atom. The van der Waals surface area contributed by atoms with Gasteiger partial charge in [-0.05, 0) is 61.7 Å². The van der Waals surface area contributed by atoms with Crippen molar-refractivity contribution in [1.82, 2.24) is 9.47 Å². The summed E-state index contributed by atoms with van der Waals surface area (Å²) in [4.78, 5) is 14.9. The molecule has 1 aromatic heterocycles. The minimum Gasteiger partial charge on any atom is -0.376 e. The van der Waals surface area contributed by atoms with E-state index in [4.69, 9.17) is 4.74 Å². The van der Waals surface area contributed by atoms with Gasteiger partial charge in [-0.25, -0.2) is 0 Å². The minimum atomic E-state index is -0.129. The first-order valence-electron chi connectivity index (χ1n) is 11.1. The van der Waals surface area contributed by atoms with Gasteiger partial charge in [0.05, 0.1) is 24.8 Å². The molecule has 6 heteroatoms. The highest BCUT2D eigenvalue weighted by Crippen LogP contribution is 2.28. The number of likely N-dealkylation sites (N-methyl/N-ethyl adjacent to an activating group) is 1. The van der Waals surface area contributed by atoms with Gasteiger partial charge in [0.1, 0.15) is 11.9 Å². The van der Waals surface area contributed by atoms with Gasteiger partial charge in [0.2, 0.25) is 5.91 Å². The van der Waals surface area contributed by atoms with Crippen molar-refractivity contribution in [3.63, 3.8) is 0 Å². The number of hydrogen-bond acceptors (Lipinski definition) is 4. The molecule has 0 aliphatic carbocycles. The second kappa shape index (κ2) is 9.56. The molecule has 1 amide bonds. The van der Waals surface area contributed by atoms with Crippen molar-refractivity contribution in [2.24, 2.45) is 0 Å². The Hall–Kier alpha value is -3.14. The fourth-order valence-corrected chi connectivity index (χ4v) is 4.47. The average molecular weight is 431 g/mol. The average Bonchev–Trinajstić information content (AvgIpc) is 3.36. The van der Waals surface area contributed by atoms with Crippen molar-refractivity contribution in [1.29, 1.82) is 5.26 Å². The molecule has 32 heavy (non-hydrogen) atoms. The molecule has 4 rings (SSSR count). The predicted octanol–water partition coefficient (Wildman–Crippen LogP) is 4.38. The van der Waals surface area contributed by atoms with Crippen LogP contribution in [0.4, 0.5) is 5.82 Å². The number of nitrogens with one attached hydrogen (secondary N) is 1. The lowest BCUT2D eigenvalue weighted by molar-refractivity contribution is -0.117. The molecule has 6 nitrogen and oxygen atoms in total. The molecule has 3 aromatic rings. The molecule has 2 heterocycles. The monoisotopic (exact) mass is 430 g/mol. The summed E-state index contributed by atoms with van der Waals surface area (Å²) >= 11 is 0. The maximum absolute atomic E-state index is 12.9. The Bertz CT molecular complexity index is 1170. The van der Waals surface area contributed by atoms with Gasteiger partial charge in [-0.3, -0.25) is 9.69 Å². The lowest BCUT2D eigenvalue weighted by atomic mass is 10.1. The number of benzene rings is 2. The van der Waals surface area contributed by atoms with Gasteiger partial charge in [-0.2, -0.15) is 5.26 Å². The van der Waals surface area contributed by atoms with Gasteiger partial charge in [0.15, 0.2) is 0 Å². The highest BCUT2D eigenvalue weighted by molar-refractivity contribution is 5.93. The van der Waals surface area contributed by atoms with Crippen LogP contribution in [-0.4, -0.2) is 41.7 Å². The second-order valence-electron chi connectivity index (χ2n) is 8.69. The molecule has 1 saturated heterocycles. The number of rotatable bonds is 7. The molecule has 1 aliphatic heterocycles. The number of amides is 1. The topological polar surface area (TPSA) is 70.3 Å². The van der Waals surface area contributed by atoms with Crippen molar-refractivity contribution in [2.75, 3.05) is 25.5 Å². The van der Waals surface area contributed by atoms with Crippen LogP contribution >= 0.6 is 0 Å². The Kier molecular flexibility index (Phi) is 6.59. The van der Waals surface area contributed by atoms with E-state index < -0.39 is 0 Å². The molecule has 0 saturated carbocycles. The number of ether oxygens (including phenoxy) is 1. The van der Waals surface area contributed by atoms with E-state index in [0.29, 0.717) is 24.5 Å². The summed E-state index contributed by atoms with van der Waals surface area (Å²) in [6, 6.07) is 16.9. The number of nitrogens with zero attached hydrogens (tertiary/aromatic N) is 3. The predicted molar refractivity (Wildman–Crippen MR) is 127 cm³/mol. The quantitative estimate of drug-likeness (QED) is 0.604. The Balaban J connectivity index is 1.45. The van der Waals surface area contributed by atoms with Crippen molar-refractivity contribution < 1.29 is 9.53 Å². The van der Waals surface area contributed by atoms with Crippen LogP contribution in [-0.2, 0) is 22.6 Å². The Morgan fingerprint density at radius 3 is 2.75 bits per heavy atom. The SMILES string of the molecule is Cc1c(C#N)c(NC(=O)CN(C)Cc2ccc3ccccc3c2)n(CC2CCCO2)c1C. The molecule has 1 aliphatic rings. The number of hydrogen-bond donors (Lipinski definition) is 1. The number of aromatic nitrogens is 1. The fourth-order valence-electron chi connectivity index (χ4n) is 4.47. The third-order valence-corrected chi connectivity index (χ3v) is 6.29. The number of anilines is 1. The summed E-state index contributed by atoms with van der Waals surface area (Å²) in [5.41, 5.74) is 3.60. The molecule has 1 fully saturated rings. The highest BCUT2D eigenvalue weighted by Gasteiger charge is 2.24. The summed E-state index contributed by atoms with van der Waals surface area (Å²) in [5, 5.41) is 15.1. The standard InChI is InChI=1S/C26H30N4O2/c1-18-19(2)30(16-23-9-6-12-32-23)26(24(18)14-27)28-25(31)17-29(3)15-20-10-11-21-7-4-5-8-22(21)13-20/h4-5,7-8,10-11,13,23H,6,9,12,15-17H2,1-3H3,(H,28,31). The smallest absolute Gasteiger partial charge is 0.239 e. The van der Waals surface area contributed by atoms with Crippen LogP contribution in [0.25, 0.3) is 10.8 Å². The normalized spacial score (nSPS) is 15.9. The highest BCUT2D eigenvalue weighted by atomic mass is 16.5. The van der Waals surface area contributed by atoms with Crippen molar-refractivity contribution in [3.05, 3.63) is 64.8 Å². The van der Waals surface area contributed by atoms with Crippen molar-refractivity contribution in [3.8, 4) is 6.07 Å². The van der Waals surface area contributed by atoms with Gasteiger partial charge in [0.25, 0.3) is 0 Å². The van der Waals surface area contributed by atoms with E-state index in [2.05, 4.69) is 41.7 Å². The molecule has 1 atom stereocenters. The third kappa shape index (κ3) is 4.69. The minimum absolute atomic E-state index is 0.123. The lowest BCUT2D eigenvalue weighted by Crippen LogP contribution is -2.31. The molecular weight excluding hydrogens is 400 g/mol. The first kappa shape index (κ1) is 22.1. The molecule has 2 aromatic carbocycles. The van der Waals surface area contributed by atoms with E-state index in [1.54, 1.807) is 0 Å². The molecule has 1 unspecified atom stereocenters. The van der Waals surface area contributed by atoms with E-state index in [9.17, 15) is 10.1 Å². The number of carbonyl (C=O) groups excluding carboxylic acids is 1. The van der Waals surface area contributed by atoms with E-state index in [-0.39, 0.29) is 18.6 Å². The van der Waals surface area contributed by atoms with Gasteiger partial charge in [-0.1, -0.05) is 36.4 Å². The van der Waals surface area contributed by atoms with Crippen LogP contribution in [0.2, 0.25) is 0 Å². The fraction of sp³-hybridized carbons (Fsp3) is 0.385. The molecule has 166 valence electrons. The molecule has 0 radical (unpaired) electrons. The second-order valence-corrected chi connectivity index (χ2v) is 8.69. The zero-order chi connectivity index (χ0) is 22.7. The van der Waals surface area contributed by atoms with Gasteiger partial charge >= 0.3 is 0 Å². The summed E-state index contributed by atoms with van der Waals surface area (Å²) in [6.45, 7) is 6.25. The molecule has 0 bridgehead atoms. The van der Waals surface area contributed by atoms with Crippen molar-refractivity contribution >= 4 is 22.5 Å². The molecule has 0 spiro atoms. The lowest BCUT2D eigenvalue weighted by Gasteiger charge is -2.19. The van der Waals surface area contributed by atoms with E-state index in [1.165, 1.54) is 10.8 Å². The first-order chi connectivity index (χ1) is 15.5. The number of nitriles is 1. The van der Waals surface area contributed by atoms with E-state index >= 15 is 0 Å². The summed E-state index contributed by atoms with van der Waals surface area (Å²) in [7, 11) is 1.93. The Morgan fingerprint density at radius 1 is 1.25 bits per heavy atom. The van der Waals surface area contributed by atoms with Crippen molar-refractivity contribution in [2.45, 2.75) is 45.9 Å². The van der Waals surface area contributed by atoms with Crippen LogP contribution in [0.15, 0.2) is 42.5 Å². The third-order valence-electron chi connectivity index (χ3n) is 6.29. The summed E-state index contributed by atoms with van der Waals surface area (Å²) < 4.78 is 7.82. The maximum atomic E-state index is 12.9. The maximum Gasteiger partial charge on any atom is 0.239 e. The number of fused-ring (bicyclic) bond motifs is 1. The van der Waals surface area contributed by atoms with Gasteiger partial charge in [0, 0.05) is 18.8 Å². The summed E-state index contributed by atoms with van der Waals surface area (Å²) in [5.74, 6) is 0.456. The molecular formula is C26H30N4O2. The largest absolute Gasteiger partial charge is 0.376 e. The van der Waals surface area contributed by atoms with Crippen LogP contribution < -0.4 is 5.32 Å². The zero-order valence-corrected chi connectivity index (χ0v) is 19.0. The Labute approximate surface area is 189 Å². The van der Waals surface area contributed by atoms with Crippen LogP contribution in [0.3, 0.4) is 0 Å². The van der Waals surface area contributed by atoms with Crippen LogP contribution in [0.1, 0.15) is 35.2 Å². The molecule has 1 N–H and O–H groups in total.